The van der Waals surface area contributed by atoms with Crippen molar-refractivity contribution in [3.05, 3.63) is 99.7 Å². The zero-order chi connectivity index (χ0) is 23.4. The summed E-state index contributed by atoms with van der Waals surface area (Å²) in [6, 6.07) is 20.8. The molecule has 0 aliphatic heterocycles. The van der Waals surface area contributed by atoms with Crippen LogP contribution in [-0.2, 0) is 0 Å². The van der Waals surface area contributed by atoms with Gasteiger partial charge in [-0.2, -0.15) is 0 Å². The van der Waals surface area contributed by atoms with Crippen LogP contribution in [0.4, 0.5) is 10.9 Å². The van der Waals surface area contributed by atoms with E-state index in [1.54, 1.807) is 30.6 Å². The van der Waals surface area contributed by atoms with Gasteiger partial charge in [0.25, 0.3) is 5.91 Å². The molecule has 0 unspecified atom stereocenters. The van der Waals surface area contributed by atoms with Crippen LogP contribution in [0.2, 0.25) is 0 Å². The molecule has 2 heterocycles. The Morgan fingerprint density at radius 1 is 0.939 bits per heavy atom. The monoisotopic (exact) mass is 458 g/mol. The molecule has 4 rings (SSSR count). The molecule has 2 aromatic carbocycles. The van der Waals surface area contributed by atoms with Crippen LogP contribution in [-0.4, -0.2) is 23.0 Å². The third kappa shape index (κ3) is 5.38. The highest BCUT2D eigenvalue weighted by molar-refractivity contribution is 7.16. The Labute approximate surface area is 197 Å². The number of hydrogen-bond donors (Lipinski definition) is 2. The molecule has 0 saturated carbocycles. The van der Waals surface area contributed by atoms with Gasteiger partial charge in [0.2, 0.25) is 5.95 Å². The van der Waals surface area contributed by atoms with E-state index in [1.165, 1.54) is 0 Å². The Balaban J connectivity index is 1.76. The van der Waals surface area contributed by atoms with Crippen molar-refractivity contribution in [2.45, 2.75) is 26.8 Å². The van der Waals surface area contributed by atoms with Gasteiger partial charge < -0.3 is 15.4 Å². The number of nitrogens with one attached hydrogen (secondary N) is 2. The van der Waals surface area contributed by atoms with Crippen molar-refractivity contribution in [1.29, 1.82) is 0 Å². The minimum atomic E-state index is -0.294. The topological polar surface area (TPSA) is 76.1 Å². The molecule has 0 saturated heterocycles. The molecule has 0 fully saturated rings. The smallest absolute Gasteiger partial charge is 0.256 e. The van der Waals surface area contributed by atoms with Crippen LogP contribution in [0, 0.1) is 20.8 Å². The number of methoxy groups -OCH3 is 1. The zero-order valence-corrected chi connectivity index (χ0v) is 19.9. The minimum absolute atomic E-state index is 0.147. The van der Waals surface area contributed by atoms with Crippen molar-refractivity contribution in [3.8, 4) is 5.75 Å². The summed E-state index contributed by atoms with van der Waals surface area (Å²) >= 11 is 1.54. The average molecular weight is 459 g/mol. The number of carbonyl (C=O) groups excluding carboxylic acids is 1. The lowest BCUT2D eigenvalue weighted by Crippen LogP contribution is -2.18. The summed E-state index contributed by atoms with van der Waals surface area (Å²) in [5.74, 6) is 1.14. The highest BCUT2D eigenvalue weighted by Crippen LogP contribution is 2.38. The van der Waals surface area contributed by atoms with E-state index >= 15 is 0 Å². The van der Waals surface area contributed by atoms with E-state index in [4.69, 9.17) is 4.74 Å². The molecular weight excluding hydrogens is 432 g/mol. The summed E-state index contributed by atoms with van der Waals surface area (Å²) in [6.07, 6.45) is 0. The predicted molar refractivity (Wildman–Crippen MR) is 133 cm³/mol. The Hall–Kier alpha value is -3.71. The van der Waals surface area contributed by atoms with E-state index in [0.717, 1.165) is 38.1 Å². The van der Waals surface area contributed by atoms with Crippen molar-refractivity contribution in [1.82, 2.24) is 9.97 Å². The van der Waals surface area contributed by atoms with Crippen LogP contribution in [0.15, 0.2) is 66.7 Å². The molecule has 1 atom stereocenters. The molecule has 0 bridgehead atoms. The fourth-order valence-electron chi connectivity index (χ4n) is 3.69. The first-order valence-corrected chi connectivity index (χ1v) is 11.4. The van der Waals surface area contributed by atoms with Crippen LogP contribution in [0.1, 0.15) is 43.8 Å². The van der Waals surface area contributed by atoms with Gasteiger partial charge in [0.15, 0.2) is 0 Å². The van der Waals surface area contributed by atoms with Crippen LogP contribution >= 0.6 is 11.3 Å². The van der Waals surface area contributed by atoms with E-state index in [0.29, 0.717) is 11.5 Å². The number of anilines is 2. The molecule has 4 aromatic rings. The normalized spacial score (nSPS) is 11.6. The number of hydrogen-bond acceptors (Lipinski definition) is 6. The van der Waals surface area contributed by atoms with E-state index in [9.17, 15) is 4.79 Å². The number of benzene rings is 2. The lowest BCUT2D eigenvalue weighted by Gasteiger charge is -2.21. The summed E-state index contributed by atoms with van der Waals surface area (Å²) < 4.78 is 5.46. The molecule has 2 N–H and O–H groups in total. The third-order valence-electron chi connectivity index (χ3n) is 5.14. The quantitative estimate of drug-likeness (QED) is 0.359. The second-order valence-corrected chi connectivity index (χ2v) is 9.05. The van der Waals surface area contributed by atoms with Crippen molar-refractivity contribution in [2.24, 2.45) is 0 Å². The molecule has 33 heavy (non-hydrogen) atoms. The van der Waals surface area contributed by atoms with Gasteiger partial charge >= 0.3 is 0 Å². The van der Waals surface area contributed by atoms with Gasteiger partial charge in [-0.05, 0) is 62.7 Å². The number of nitrogens with zero attached hydrogens (tertiary/aromatic N) is 2. The van der Waals surface area contributed by atoms with Crippen LogP contribution in [0.25, 0.3) is 0 Å². The maximum Gasteiger partial charge on any atom is 0.256 e. The largest absolute Gasteiger partial charge is 0.497 e. The Morgan fingerprint density at radius 3 is 2.36 bits per heavy atom. The van der Waals surface area contributed by atoms with Crippen molar-refractivity contribution >= 4 is 28.2 Å². The van der Waals surface area contributed by atoms with Gasteiger partial charge in [-0.25, -0.2) is 9.97 Å². The van der Waals surface area contributed by atoms with E-state index in [-0.39, 0.29) is 11.9 Å². The molecule has 0 spiro atoms. The fraction of sp³-hybridized carbons (Fsp3) is 0.192. The van der Waals surface area contributed by atoms with Gasteiger partial charge in [0.1, 0.15) is 10.8 Å². The minimum Gasteiger partial charge on any atom is -0.497 e. The average Bonchev–Trinajstić information content (AvgIpc) is 3.17. The number of rotatable bonds is 7. The highest BCUT2D eigenvalue weighted by Gasteiger charge is 2.23. The molecule has 0 radical (unpaired) electrons. The van der Waals surface area contributed by atoms with Gasteiger partial charge in [-0.15, -0.1) is 11.3 Å². The predicted octanol–water partition coefficient (Wildman–Crippen LogP) is 5.93. The number of aryl methyl sites for hydroxylation is 3. The van der Waals surface area contributed by atoms with Crippen molar-refractivity contribution in [2.75, 3.05) is 17.7 Å². The summed E-state index contributed by atoms with van der Waals surface area (Å²) in [6.45, 7) is 5.92. The summed E-state index contributed by atoms with van der Waals surface area (Å²) in [4.78, 5) is 23.2. The van der Waals surface area contributed by atoms with Crippen LogP contribution in [0.5, 0.6) is 5.75 Å². The molecular formula is C26H26N4O2S. The van der Waals surface area contributed by atoms with Gasteiger partial charge in [0.05, 0.1) is 13.2 Å². The Bertz CT molecular complexity index is 1250. The number of carbonyl (C=O) groups is 1. The maximum atomic E-state index is 12.9. The molecule has 7 heteroatoms. The second-order valence-electron chi connectivity index (χ2n) is 7.79. The van der Waals surface area contributed by atoms with Crippen LogP contribution in [0.3, 0.4) is 0 Å². The number of amides is 1. The van der Waals surface area contributed by atoms with Crippen LogP contribution < -0.4 is 15.4 Å². The lowest BCUT2D eigenvalue weighted by atomic mass is 9.99. The summed E-state index contributed by atoms with van der Waals surface area (Å²) in [5.41, 5.74) is 4.29. The lowest BCUT2D eigenvalue weighted by molar-refractivity contribution is 0.102. The first kappa shape index (κ1) is 22.5. The van der Waals surface area contributed by atoms with E-state index < -0.39 is 0 Å². The second kappa shape index (κ2) is 9.83. The first-order chi connectivity index (χ1) is 15.9. The zero-order valence-electron chi connectivity index (χ0n) is 19.0. The third-order valence-corrected chi connectivity index (χ3v) is 6.12. The summed E-state index contributed by atoms with van der Waals surface area (Å²) in [7, 11) is 1.65. The Morgan fingerprint density at radius 2 is 1.67 bits per heavy atom. The maximum absolute atomic E-state index is 12.9. The molecule has 2 aromatic heterocycles. The molecule has 0 aliphatic carbocycles. The molecule has 0 aliphatic rings. The fourth-order valence-corrected chi connectivity index (χ4v) is 4.64. The van der Waals surface area contributed by atoms with Crippen molar-refractivity contribution in [3.63, 3.8) is 0 Å². The van der Waals surface area contributed by atoms with Crippen molar-refractivity contribution < 1.29 is 9.53 Å². The molecule has 6 nitrogen and oxygen atoms in total. The van der Waals surface area contributed by atoms with E-state index in [2.05, 4.69) is 26.7 Å². The van der Waals surface area contributed by atoms with Gasteiger partial charge in [0, 0.05) is 27.4 Å². The standard InChI is InChI=1S/C26H26N4O2S/c1-16-13-17(2)28-26(27-16)29-23(20-11-8-12-21(15-20)32-4)22-14-18(3)33-25(22)30-24(31)19-9-6-5-7-10-19/h5-15,23H,1-4H3,(H,30,31)(H,27,28,29)/t23-/m0/s1. The van der Waals surface area contributed by atoms with E-state index in [1.807, 2.05) is 69.3 Å². The molecule has 1 amide bonds. The number of aromatic nitrogens is 2. The van der Waals surface area contributed by atoms with Gasteiger partial charge in [-0.3, -0.25) is 4.79 Å². The number of ether oxygens (including phenoxy) is 1. The summed E-state index contributed by atoms with van der Waals surface area (Å²) in [5, 5.41) is 7.37. The van der Waals surface area contributed by atoms with Gasteiger partial charge in [-0.1, -0.05) is 30.3 Å². The number of thiophene rings is 1. The Kier molecular flexibility index (Phi) is 6.70. The first-order valence-electron chi connectivity index (χ1n) is 10.6. The molecule has 168 valence electrons. The SMILES string of the molecule is COc1cccc([C@H](Nc2nc(C)cc(C)n2)c2cc(C)sc2NC(=O)c2ccccc2)c1. The highest BCUT2D eigenvalue weighted by atomic mass is 32.1.